The third-order valence-electron chi connectivity index (χ3n) is 3.01. The molecule has 0 aromatic carbocycles. The number of nitrogens with one attached hydrogen (secondary N) is 2. The summed E-state index contributed by atoms with van der Waals surface area (Å²) < 4.78 is 11.3. The van der Waals surface area contributed by atoms with Crippen LogP contribution in [0, 0.1) is 13.8 Å². The van der Waals surface area contributed by atoms with E-state index in [1.807, 2.05) is 27.7 Å². The smallest absolute Gasteiger partial charge is 0.134 e. The molecule has 0 saturated carbocycles. The minimum atomic E-state index is -0.770. The zero-order valence-corrected chi connectivity index (χ0v) is 13.2. The highest BCUT2D eigenvalue weighted by Crippen LogP contribution is 2.19. The minimum absolute atomic E-state index is 0.198. The average Bonchev–Trinajstić information content (AvgIpc) is 2.34. The molecule has 0 aliphatic carbocycles. The van der Waals surface area contributed by atoms with Crippen molar-refractivity contribution >= 4 is 22.4 Å². The second kappa shape index (κ2) is 7.43. The van der Waals surface area contributed by atoms with Gasteiger partial charge in [-0.1, -0.05) is 6.92 Å². The predicted octanol–water partition coefficient (Wildman–Crippen LogP) is 2.09. The Balaban J connectivity index is 2.70. The molecular weight excluding hydrogens is 260 g/mol. The molecular formula is C13H24N4OS. The molecule has 0 aliphatic rings. The van der Waals surface area contributed by atoms with Crippen molar-refractivity contribution < 1.29 is 4.21 Å². The van der Waals surface area contributed by atoms with Gasteiger partial charge in [-0.05, 0) is 27.2 Å². The largest absolute Gasteiger partial charge is 0.370 e. The van der Waals surface area contributed by atoms with Crippen molar-refractivity contribution in [2.75, 3.05) is 30.0 Å². The first kappa shape index (κ1) is 15.9. The molecule has 5 nitrogen and oxygen atoms in total. The van der Waals surface area contributed by atoms with Gasteiger partial charge in [-0.25, -0.2) is 9.97 Å². The van der Waals surface area contributed by atoms with Gasteiger partial charge in [-0.3, -0.25) is 4.21 Å². The zero-order chi connectivity index (χ0) is 14.4. The second-order valence-corrected chi connectivity index (χ2v) is 6.45. The van der Waals surface area contributed by atoms with Gasteiger partial charge in [0.2, 0.25) is 0 Å². The van der Waals surface area contributed by atoms with Crippen molar-refractivity contribution in [3.63, 3.8) is 0 Å². The molecule has 1 heterocycles. The lowest BCUT2D eigenvalue weighted by Gasteiger charge is -2.14. The highest BCUT2D eigenvalue weighted by Gasteiger charge is 2.10. The van der Waals surface area contributed by atoms with E-state index in [1.165, 1.54) is 0 Å². The van der Waals surface area contributed by atoms with E-state index in [-0.39, 0.29) is 5.25 Å². The first-order valence-corrected chi connectivity index (χ1v) is 8.23. The first-order valence-electron chi connectivity index (χ1n) is 6.60. The molecule has 0 aliphatic heterocycles. The molecule has 2 N–H and O–H groups in total. The molecule has 0 radical (unpaired) electrons. The molecule has 19 heavy (non-hydrogen) atoms. The fourth-order valence-electron chi connectivity index (χ4n) is 1.70. The van der Waals surface area contributed by atoms with E-state index in [2.05, 4.69) is 20.6 Å². The van der Waals surface area contributed by atoms with Crippen molar-refractivity contribution in [1.82, 2.24) is 9.97 Å². The Morgan fingerprint density at radius 1 is 1.21 bits per heavy atom. The van der Waals surface area contributed by atoms with E-state index >= 15 is 0 Å². The fourth-order valence-corrected chi connectivity index (χ4v) is 2.15. The second-order valence-electron chi connectivity index (χ2n) is 4.65. The molecule has 108 valence electrons. The summed E-state index contributed by atoms with van der Waals surface area (Å²) in [5, 5.41) is 6.75. The summed E-state index contributed by atoms with van der Waals surface area (Å²) in [5.41, 5.74) is 1.03. The topological polar surface area (TPSA) is 66.9 Å². The first-order chi connectivity index (χ1) is 8.95. The molecule has 0 amide bonds. The number of rotatable bonds is 7. The van der Waals surface area contributed by atoms with Crippen molar-refractivity contribution in [2.45, 2.75) is 39.4 Å². The maximum absolute atomic E-state index is 11.3. The molecule has 1 rings (SSSR count). The zero-order valence-electron chi connectivity index (χ0n) is 12.4. The van der Waals surface area contributed by atoms with Crippen LogP contribution in [0.5, 0.6) is 0 Å². The van der Waals surface area contributed by atoms with Gasteiger partial charge in [0.15, 0.2) is 0 Å². The van der Waals surface area contributed by atoms with Crippen molar-refractivity contribution in [2.24, 2.45) is 0 Å². The molecule has 1 aromatic rings. The predicted molar refractivity (Wildman–Crippen MR) is 82.3 cm³/mol. The van der Waals surface area contributed by atoms with Crippen LogP contribution in [0.25, 0.3) is 0 Å². The third kappa shape index (κ3) is 4.78. The molecule has 0 fully saturated rings. The summed E-state index contributed by atoms with van der Waals surface area (Å²) >= 11 is 0. The van der Waals surface area contributed by atoms with E-state index < -0.39 is 10.8 Å². The highest BCUT2D eigenvalue weighted by molar-refractivity contribution is 7.84. The van der Waals surface area contributed by atoms with Crippen LogP contribution >= 0.6 is 0 Å². The van der Waals surface area contributed by atoms with Gasteiger partial charge < -0.3 is 10.6 Å². The van der Waals surface area contributed by atoms with Gasteiger partial charge in [0.1, 0.15) is 17.5 Å². The summed E-state index contributed by atoms with van der Waals surface area (Å²) in [5.74, 6) is 2.48. The molecule has 2 unspecified atom stereocenters. The van der Waals surface area contributed by atoms with Crippen LogP contribution in [0.3, 0.4) is 0 Å². The quantitative estimate of drug-likeness (QED) is 0.802. The van der Waals surface area contributed by atoms with Crippen LogP contribution in [-0.2, 0) is 10.8 Å². The van der Waals surface area contributed by atoms with Gasteiger partial charge in [-0.2, -0.15) is 0 Å². The Morgan fingerprint density at radius 2 is 1.79 bits per heavy atom. The summed E-state index contributed by atoms with van der Waals surface area (Å²) in [6, 6.07) is 0. The molecule has 6 heteroatoms. The van der Waals surface area contributed by atoms with E-state index in [9.17, 15) is 4.21 Å². The standard InChI is InChI=1S/C13H24N4OS/c1-6-14-12-10(3)13(17-11(4)16-12)15-8-7-9(2)19(5)18/h9H,6-8H2,1-5H3,(H2,14,15,16,17). The van der Waals surface area contributed by atoms with E-state index in [4.69, 9.17) is 0 Å². The van der Waals surface area contributed by atoms with E-state index in [1.54, 1.807) is 6.26 Å². The molecule has 0 bridgehead atoms. The summed E-state index contributed by atoms with van der Waals surface area (Å²) in [6.45, 7) is 9.53. The van der Waals surface area contributed by atoms with Crippen molar-refractivity contribution in [3.8, 4) is 0 Å². The van der Waals surface area contributed by atoms with E-state index in [0.29, 0.717) is 0 Å². The number of nitrogens with zero attached hydrogens (tertiary/aromatic N) is 2. The van der Waals surface area contributed by atoms with Crippen LogP contribution in [0.2, 0.25) is 0 Å². The number of aryl methyl sites for hydroxylation is 1. The Labute approximate surface area is 118 Å². The number of anilines is 2. The minimum Gasteiger partial charge on any atom is -0.370 e. The third-order valence-corrected chi connectivity index (χ3v) is 4.38. The molecule has 2 atom stereocenters. The van der Waals surface area contributed by atoms with Gasteiger partial charge in [0.25, 0.3) is 0 Å². The Bertz CT molecular complexity index is 451. The lowest BCUT2D eigenvalue weighted by molar-refractivity contribution is 0.672. The number of aromatic nitrogens is 2. The van der Waals surface area contributed by atoms with Gasteiger partial charge >= 0.3 is 0 Å². The van der Waals surface area contributed by atoms with E-state index in [0.717, 1.165) is 42.5 Å². The maximum Gasteiger partial charge on any atom is 0.134 e. The molecule has 1 aromatic heterocycles. The monoisotopic (exact) mass is 284 g/mol. The summed E-state index contributed by atoms with van der Waals surface area (Å²) in [6.07, 6.45) is 2.61. The number of hydrogen-bond acceptors (Lipinski definition) is 5. The van der Waals surface area contributed by atoms with Gasteiger partial charge in [0.05, 0.1) is 0 Å². The van der Waals surface area contributed by atoms with Crippen LogP contribution in [0.1, 0.15) is 31.7 Å². The van der Waals surface area contributed by atoms with Crippen LogP contribution in [0.4, 0.5) is 11.6 Å². The Morgan fingerprint density at radius 3 is 2.32 bits per heavy atom. The Hall–Kier alpha value is -1.17. The van der Waals surface area contributed by atoms with Crippen molar-refractivity contribution in [1.29, 1.82) is 0 Å². The average molecular weight is 284 g/mol. The lowest BCUT2D eigenvalue weighted by Crippen LogP contribution is -2.16. The van der Waals surface area contributed by atoms with Gasteiger partial charge in [-0.15, -0.1) is 0 Å². The summed E-state index contributed by atoms with van der Waals surface area (Å²) in [7, 11) is -0.770. The van der Waals surface area contributed by atoms with Crippen LogP contribution in [-0.4, -0.2) is 38.8 Å². The van der Waals surface area contributed by atoms with Crippen molar-refractivity contribution in [3.05, 3.63) is 11.4 Å². The Kier molecular flexibility index (Phi) is 6.21. The fraction of sp³-hybridized carbons (Fsp3) is 0.692. The normalized spacial score (nSPS) is 13.9. The molecule has 0 spiro atoms. The SMILES string of the molecule is CCNc1nc(C)nc(NCCC(C)S(C)=O)c1C. The number of hydrogen-bond donors (Lipinski definition) is 2. The van der Waals surface area contributed by atoms with Gasteiger partial charge in [0, 0.05) is 41.0 Å². The lowest BCUT2D eigenvalue weighted by atomic mass is 10.2. The maximum atomic E-state index is 11.3. The molecule has 0 saturated heterocycles. The van der Waals surface area contributed by atoms with Crippen LogP contribution < -0.4 is 10.6 Å². The highest BCUT2D eigenvalue weighted by atomic mass is 32.2. The van der Waals surface area contributed by atoms with Crippen LogP contribution in [0.15, 0.2) is 0 Å². The summed E-state index contributed by atoms with van der Waals surface area (Å²) in [4.78, 5) is 8.80.